The van der Waals surface area contributed by atoms with Gasteiger partial charge in [0, 0.05) is 36.2 Å². The third-order valence-electron chi connectivity index (χ3n) is 4.64. The minimum Gasteiger partial charge on any atom is -0.398 e. The maximum Gasteiger partial charge on any atom is 0.231 e. The van der Waals surface area contributed by atoms with Crippen molar-refractivity contribution in [3.8, 4) is 0 Å². The number of rotatable bonds is 3. The lowest BCUT2D eigenvalue weighted by Crippen LogP contribution is -2.15. The Morgan fingerprint density at radius 2 is 2.04 bits per heavy atom. The second-order valence-corrected chi connectivity index (χ2v) is 6.45. The van der Waals surface area contributed by atoms with Crippen molar-refractivity contribution in [1.29, 1.82) is 0 Å². The topological polar surface area (TPSA) is 97.1 Å². The number of alkyl halides is 1. The van der Waals surface area contributed by atoms with Crippen LogP contribution in [0.15, 0.2) is 24.4 Å². The van der Waals surface area contributed by atoms with Crippen molar-refractivity contribution in [2.24, 2.45) is 5.92 Å². The van der Waals surface area contributed by atoms with Crippen LogP contribution >= 0.6 is 27.0 Å². The Bertz CT molecular complexity index is 864. The van der Waals surface area contributed by atoms with Crippen LogP contribution in [0, 0.1) is 5.92 Å². The van der Waals surface area contributed by atoms with E-state index < -0.39 is 12.1 Å². The zero-order valence-electron chi connectivity index (χ0n) is 13.9. The highest BCUT2D eigenvalue weighted by Gasteiger charge is 2.43. The molecule has 2 heterocycles. The zero-order chi connectivity index (χ0) is 16.8. The van der Waals surface area contributed by atoms with E-state index in [0.29, 0.717) is 24.5 Å². The first-order valence-electron chi connectivity index (χ1n) is 7.92. The van der Waals surface area contributed by atoms with Gasteiger partial charge in [0.25, 0.3) is 0 Å². The minimum absolute atomic E-state index is 0. The number of carbonyl (C=O) groups is 2. The van der Waals surface area contributed by atoms with Crippen molar-refractivity contribution in [3.05, 3.63) is 30.0 Å². The van der Waals surface area contributed by atoms with Crippen LogP contribution in [0.5, 0.6) is 0 Å². The Balaban J connectivity index is 0.00000121. The number of halogens is 1. The zero-order valence-corrected chi connectivity index (χ0v) is 15.9. The molecule has 0 spiro atoms. The summed E-state index contributed by atoms with van der Waals surface area (Å²) in [5, 5.41) is 7.07. The average Bonchev–Trinajstić information content (AvgIpc) is 3.12. The Morgan fingerprint density at radius 1 is 1.31 bits per heavy atom. The molecule has 140 valence electrons. The highest BCUT2D eigenvalue weighted by atomic mass is 32.1. The normalized spacial score (nSPS) is 23.6. The molecule has 2 aromatic rings. The van der Waals surface area contributed by atoms with Gasteiger partial charge in [0.15, 0.2) is 0 Å². The van der Waals surface area contributed by atoms with Gasteiger partial charge >= 0.3 is 0 Å². The quantitative estimate of drug-likeness (QED) is 0.691. The molecule has 1 saturated carbocycles. The van der Waals surface area contributed by atoms with Crippen LogP contribution in [0.25, 0.3) is 10.8 Å². The number of aromatic nitrogens is 1. The van der Waals surface area contributed by atoms with Gasteiger partial charge < -0.3 is 16.4 Å². The summed E-state index contributed by atoms with van der Waals surface area (Å²) in [6.45, 7) is 0.595. The van der Waals surface area contributed by atoms with E-state index in [0.717, 1.165) is 16.3 Å². The number of amides is 2. The Hall–Kier alpha value is -2.00. The molecule has 4 N–H and O–H groups in total. The number of anilines is 2. The predicted octanol–water partition coefficient (Wildman–Crippen LogP) is 1.94. The van der Waals surface area contributed by atoms with Gasteiger partial charge in [-0.1, -0.05) is 6.07 Å². The molecule has 1 unspecified atom stereocenters. The summed E-state index contributed by atoms with van der Waals surface area (Å²) in [4.78, 5) is 27.4. The molecule has 26 heavy (non-hydrogen) atoms. The van der Waals surface area contributed by atoms with Crippen LogP contribution in [-0.2, 0) is 9.59 Å². The number of hydrogen-bond acceptors (Lipinski definition) is 4. The van der Waals surface area contributed by atoms with Crippen molar-refractivity contribution >= 4 is 61.1 Å². The van der Waals surface area contributed by atoms with Gasteiger partial charge in [0.2, 0.25) is 11.8 Å². The summed E-state index contributed by atoms with van der Waals surface area (Å²) in [5.74, 6) is -0.400. The van der Waals surface area contributed by atoms with Crippen LogP contribution in [0.2, 0.25) is 0 Å². The van der Waals surface area contributed by atoms with Gasteiger partial charge in [0.05, 0.1) is 5.92 Å². The van der Waals surface area contributed by atoms with E-state index in [9.17, 15) is 14.0 Å². The Kier molecular flexibility index (Phi) is 6.02. The molecule has 1 aromatic heterocycles. The smallest absolute Gasteiger partial charge is 0.231 e. The molecule has 0 bridgehead atoms. The summed E-state index contributed by atoms with van der Waals surface area (Å²) in [7, 11) is 0. The Labute approximate surface area is 164 Å². The molecule has 6 nitrogen and oxygen atoms in total. The molecule has 1 saturated heterocycles. The molecule has 1 aromatic carbocycles. The first kappa shape index (κ1) is 20.3. The van der Waals surface area contributed by atoms with Crippen LogP contribution in [0.1, 0.15) is 24.3 Å². The van der Waals surface area contributed by atoms with Crippen molar-refractivity contribution < 1.29 is 14.0 Å². The second kappa shape index (κ2) is 7.71. The number of nitrogens with zero attached hydrogens (tertiary/aromatic N) is 1. The number of fused-ring (bicyclic) bond motifs is 1. The van der Waals surface area contributed by atoms with E-state index in [1.807, 2.05) is 12.1 Å². The van der Waals surface area contributed by atoms with E-state index in [-0.39, 0.29) is 51.1 Å². The average molecular weight is 397 g/mol. The molecular weight excluding hydrogens is 375 g/mol. The van der Waals surface area contributed by atoms with E-state index in [1.54, 1.807) is 12.3 Å². The van der Waals surface area contributed by atoms with Crippen LogP contribution in [0.4, 0.5) is 15.9 Å². The molecule has 2 amide bonds. The maximum atomic E-state index is 13.0. The lowest BCUT2D eigenvalue weighted by molar-refractivity contribution is -0.119. The van der Waals surface area contributed by atoms with E-state index >= 15 is 0 Å². The largest absolute Gasteiger partial charge is 0.398 e. The summed E-state index contributed by atoms with van der Waals surface area (Å²) in [6.07, 6.45) is 1.28. The number of carbonyl (C=O) groups excluding carboxylic acids is 2. The molecule has 2 aliphatic rings. The van der Waals surface area contributed by atoms with Crippen molar-refractivity contribution in [2.45, 2.75) is 24.9 Å². The van der Waals surface area contributed by atoms with Gasteiger partial charge in [0.1, 0.15) is 12.0 Å². The first-order valence-corrected chi connectivity index (χ1v) is 7.92. The standard InChI is InChI=1S/C17H17FN4O2.2H2S/c18-13-5-11(13)17(24)22-15-3-9-1-8(10-4-16(23)21-6-10)2-14(19)12(9)7-20-15;;/h1-3,7,10-11,13H,4-6,19H2,(H,21,23)(H,20,22,24);2*1H2/t10?,11-,13+;;/m1../s1. The SMILES string of the molecule is Nc1cc(C2CNC(=O)C2)cc2cc(NC(=O)[C@@H]3C[C@@H]3F)ncc12.S.S. The molecule has 2 fully saturated rings. The fraction of sp³-hybridized carbons (Fsp3) is 0.353. The summed E-state index contributed by atoms with van der Waals surface area (Å²) < 4.78 is 13.0. The molecule has 9 heteroatoms. The number of nitrogen functional groups attached to an aromatic ring is 1. The molecule has 3 atom stereocenters. The molecule has 0 radical (unpaired) electrons. The van der Waals surface area contributed by atoms with Gasteiger partial charge in [-0.25, -0.2) is 9.37 Å². The van der Waals surface area contributed by atoms with E-state index in [1.165, 1.54) is 0 Å². The molecule has 1 aliphatic carbocycles. The highest BCUT2D eigenvalue weighted by Crippen LogP contribution is 2.35. The van der Waals surface area contributed by atoms with Crippen LogP contribution in [-0.4, -0.2) is 29.5 Å². The van der Waals surface area contributed by atoms with Crippen molar-refractivity contribution in [2.75, 3.05) is 17.6 Å². The fourth-order valence-corrected chi connectivity index (χ4v) is 3.11. The fourth-order valence-electron chi connectivity index (χ4n) is 3.11. The number of pyridine rings is 1. The molecule has 1 aliphatic heterocycles. The monoisotopic (exact) mass is 396 g/mol. The minimum atomic E-state index is -1.04. The second-order valence-electron chi connectivity index (χ2n) is 6.45. The van der Waals surface area contributed by atoms with Gasteiger partial charge in [-0.15, -0.1) is 0 Å². The van der Waals surface area contributed by atoms with Crippen molar-refractivity contribution in [3.63, 3.8) is 0 Å². The van der Waals surface area contributed by atoms with Gasteiger partial charge in [-0.2, -0.15) is 27.0 Å². The third-order valence-corrected chi connectivity index (χ3v) is 4.64. The number of benzene rings is 1. The van der Waals surface area contributed by atoms with Crippen molar-refractivity contribution in [1.82, 2.24) is 10.3 Å². The summed E-state index contributed by atoms with van der Waals surface area (Å²) >= 11 is 0. The lowest BCUT2D eigenvalue weighted by Gasteiger charge is -2.12. The third kappa shape index (κ3) is 3.88. The van der Waals surface area contributed by atoms with Crippen LogP contribution in [0.3, 0.4) is 0 Å². The summed E-state index contributed by atoms with van der Waals surface area (Å²) in [6, 6.07) is 5.56. The van der Waals surface area contributed by atoms with Crippen LogP contribution < -0.4 is 16.4 Å². The Morgan fingerprint density at radius 3 is 2.65 bits per heavy atom. The highest BCUT2D eigenvalue weighted by molar-refractivity contribution is 7.59. The number of hydrogen-bond donors (Lipinski definition) is 3. The van der Waals surface area contributed by atoms with E-state index in [4.69, 9.17) is 5.73 Å². The van der Waals surface area contributed by atoms with E-state index in [2.05, 4.69) is 15.6 Å². The first-order chi connectivity index (χ1) is 11.5. The maximum absolute atomic E-state index is 13.0. The van der Waals surface area contributed by atoms with Gasteiger partial charge in [-0.05, 0) is 29.5 Å². The number of nitrogens with one attached hydrogen (secondary N) is 2. The van der Waals surface area contributed by atoms with Gasteiger partial charge in [-0.3, -0.25) is 9.59 Å². The predicted molar refractivity (Wildman–Crippen MR) is 109 cm³/mol. The lowest BCUT2D eigenvalue weighted by atomic mass is 9.95. The molecule has 4 rings (SSSR count). The molecular formula is C17H21FN4O2S2. The summed E-state index contributed by atoms with van der Waals surface area (Å²) in [5.41, 5.74) is 7.67. The number of nitrogens with two attached hydrogens (primary N) is 1.